The van der Waals surface area contributed by atoms with Crippen molar-refractivity contribution in [3.05, 3.63) is 58.9 Å². The Morgan fingerprint density at radius 1 is 1.14 bits per heavy atom. The summed E-state index contributed by atoms with van der Waals surface area (Å²) in [5.41, 5.74) is 1.42. The van der Waals surface area contributed by atoms with Gasteiger partial charge in [0.2, 0.25) is 0 Å². The number of fused-ring (bicyclic) bond motifs is 4. The molecule has 3 saturated heterocycles. The minimum absolute atomic E-state index is 0.00958. The molecular weight excluding hydrogens is 675 g/mol. The molecule has 2 bridgehead atoms. The van der Waals surface area contributed by atoms with Gasteiger partial charge in [0.25, 0.3) is 0 Å². The second-order valence-corrected chi connectivity index (χ2v) is 14.1. The zero-order chi connectivity index (χ0) is 29.1. The third-order valence-electron chi connectivity index (χ3n) is 8.51. The van der Waals surface area contributed by atoms with Crippen LogP contribution in [-0.2, 0) is 0 Å². The third-order valence-corrected chi connectivity index (χ3v) is 11.5. The zero-order valence-corrected chi connectivity index (χ0v) is 25.7. The first-order valence-electron chi connectivity index (χ1n) is 13.9. The Morgan fingerprint density at radius 3 is 2.62 bits per heavy atom. The molecule has 0 radical (unpaired) electrons. The molecular formula is C31H28ClF2IN5O2-. The number of aromatic hydroxyl groups is 1. The van der Waals surface area contributed by atoms with E-state index in [9.17, 15) is 14.8 Å². The minimum atomic E-state index is -1.08. The number of rotatable bonds is 5. The van der Waals surface area contributed by atoms with E-state index in [4.69, 9.17) is 14.7 Å². The molecule has 4 aromatic rings. The second kappa shape index (κ2) is 10.9. The fourth-order valence-electron chi connectivity index (χ4n) is 6.60. The van der Waals surface area contributed by atoms with Crippen molar-refractivity contribution in [2.45, 2.75) is 41.6 Å². The number of aromatic nitrogens is 1. The number of hydrogen-bond acceptors (Lipinski definition) is 7. The van der Waals surface area contributed by atoms with E-state index in [1.165, 1.54) is 6.07 Å². The van der Waals surface area contributed by atoms with E-state index in [0.717, 1.165) is 23.6 Å². The summed E-state index contributed by atoms with van der Waals surface area (Å²) in [6, 6.07) is 15.0. The van der Waals surface area contributed by atoms with E-state index >= 15 is 4.39 Å². The number of nitrogens with one attached hydrogen (secondary N) is 1. The average Bonchev–Trinajstić information content (AvgIpc) is 3.48. The number of phenolic OH excluding ortho intramolecular Hbond substituents is 1. The van der Waals surface area contributed by atoms with Gasteiger partial charge in [0.1, 0.15) is 0 Å². The van der Waals surface area contributed by atoms with Crippen molar-refractivity contribution in [2.75, 3.05) is 31.6 Å². The molecule has 4 atom stereocenters. The van der Waals surface area contributed by atoms with Gasteiger partial charge in [-0.1, -0.05) is 0 Å². The van der Waals surface area contributed by atoms with Crippen molar-refractivity contribution >= 4 is 39.0 Å². The van der Waals surface area contributed by atoms with Crippen LogP contribution in [0.4, 0.5) is 14.5 Å². The summed E-state index contributed by atoms with van der Waals surface area (Å²) in [7, 11) is 1.86. The first-order chi connectivity index (χ1) is 20.3. The number of nitriles is 1. The SMILES string of the molecule is CN1CC(F)C[C@H]1[I-]Oc1nc2c(F)c(-c3cc(O)cc4ccccc34)c(Cl)cc2c(N2CC3CCC(C2)N3)c1C#N. The van der Waals surface area contributed by atoms with Gasteiger partial charge in [-0.05, 0) is 0 Å². The summed E-state index contributed by atoms with van der Waals surface area (Å²) < 4.78 is 37.1. The number of benzene rings is 3. The van der Waals surface area contributed by atoms with E-state index in [0.29, 0.717) is 42.7 Å². The summed E-state index contributed by atoms with van der Waals surface area (Å²) in [6.45, 7) is 1.66. The number of hydrogen-bond donors (Lipinski definition) is 2. The number of likely N-dealkylation sites (tertiary alicyclic amines) is 1. The van der Waals surface area contributed by atoms with Gasteiger partial charge in [0.15, 0.2) is 0 Å². The number of anilines is 1. The van der Waals surface area contributed by atoms with E-state index in [2.05, 4.69) is 21.3 Å². The van der Waals surface area contributed by atoms with Crippen LogP contribution in [0.3, 0.4) is 0 Å². The van der Waals surface area contributed by atoms with Crippen LogP contribution in [0.15, 0.2) is 42.5 Å². The van der Waals surface area contributed by atoms with Crippen molar-refractivity contribution in [3.63, 3.8) is 0 Å². The molecule has 3 unspecified atom stereocenters. The molecule has 0 spiro atoms. The fourth-order valence-corrected chi connectivity index (χ4v) is 9.12. The van der Waals surface area contributed by atoms with Crippen molar-refractivity contribution in [1.82, 2.24) is 15.2 Å². The van der Waals surface area contributed by atoms with E-state index < -0.39 is 33.6 Å². The van der Waals surface area contributed by atoms with Gasteiger partial charge in [-0.15, -0.1) is 0 Å². The van der Waals surface area contributed by atoms with Crippen LogP contribution in [0, 0.1) is 17.1 Å². The molecule has 3 fully saturated rings. The topological polar surface area (TPSA) is 84.7 Å². The first kappa shape index (κ1) is 27.8. The maximum absolute atomic E-state index is 16.8. The summed E-state index contributed by atoms with van der Waals surface area (Å²) >= 11 is 5.78. The van der Waals surface area contributed by atoms with Crippen molar-refractivity contribution in [3.8, 4) is 28.8 Å². The first-order valence-corrected chi connectivity index (χ1v) is 16.4. The van der Waals surface area contributed by atoms with Crippen LogP contribution in [0.5, 0.6) is 11.6 Å². The van der Waals surface area contributed by atoms with Crippen molar-refractivity contribution in [1.29, 1.82) is 5.26 Å². The summed E-state index contributed by atoms with van der Waals surface area (Å²) in [5.74, 6) is -0.589. The third kappa shape index (κ3) is 4.80. The number of halogens is 4. The number of phenols is 1. The Kier molecular flexibility index (Phi) is 7.25. The van der Waals surface area contributed by atoms with Gasteiger partial charge >= 0.3 is 259 Å². The molecule has 3 aliphatic rings. The zero-order valence-electron chi connectivity index (χ0n) is 22.7. The quantitative estimate of drug-likeness (QED) is 0.188. The molecule has 218 valence electrons. The normalized spacial score (nSPS) is 24.1. The molecule has 3 aromatic carbocycles. The van der Waals surface area contributed by atoms with Gasteiger partial charge in [-0.3, -0.25) is 0 Å². The van der Waals surface area contributed by atoms with Gasteiger partial charge < -0.3 is 0 Å². The number of nitrogens with zero attached hydrogens (tertiary/aromatic N) is 4. The van der Waals surface area contributed by atoms with Crippen LogP contribution in [0.2, 0.25) is 5.02 Å². The second-order valence-electron chi connectivity index (χ2n) is 11.3. The Hall–Kier alpha value is -2.98. The summed E-state index contributed by atoms with van der Waals surface area (Å²) in [4.78, 5) is 8.69. The van der Waals surface area contributed by atoms with Gasteiger partial charge in [-0.25, -0.2) is 0 Å². The molecule has 1 aromatic heterocycles. The number of piperazine rings is 1. The molecule has 7 rings (SSSR count). The number of pyridine rings is 1. The van der Waals surface area contributed by atoms with Crippen LogP contribution < -0.4 is 34.9 Å². The van der Waals surface area contributed by atoms with E-state index in [1.54, 1.807) is 12.1 Å². The maximum atomic E-state index is 16.8. The number of alkyl halides is 2. The van der Waals surface area contributed by atoms with Crippen LogP contribution in [-0.4, -0.2) is 64.0 Å². The Balaban J connectivity index is 1.43. The molecule has 0 aliphatic carbocycles. The van der Waals surface area contributed by atoms with E-state index in [-0.39, 0.29) is 49.4 Å². The van der Waals surface area contributed by atoms with Crippen LogP contribution in [0.25, 0.3) is 32.8 Å². The van der Waals surface area contributed by atoms with Gasteiger partial charge in [0, 0.05) is 0 Å². The Morgan fingerprint density at radius 2 is 1.90 bits per heavy atom. The molecule has 0 saturated carbocycles. The monoisotopic (exact) mass is 702 g/mol. The molecule has 4 heterocycles. The molecule has 11 heteroatoms. The van der Waals surface area contributed by atoms with Crippen LogP contribution in [0.1, 0.15) is 24.8 Å². The van der Waals surface area contributed by atoms with Crippen LogP contribution >= 0.6 is 11.6 Å². The van der Waals surface area contributed by atoms with Crippen molar-refractivity contribution in [2.24, 2.45) is 0 Å². The summed E-state index contributed by atoms with van der Waals surface area (Å²) in [6.07, 6.45) is 1.51. The van der Waals surface area contributed by atoms with Crippen molar-refractivity contribution < 1.29 is 38.6 Å². The van der Waals surface area contributed by atoms with E-state index in [1.807, 2.05) is 36.2 Å². The standard InChI is InChI=1S/C31H28ClF2IN5O2/c1-39-13-17(33)9-26(39)35-42-31-24(12-36)30(40-14-18-6-7-19(15-40)37-18)23-11-25(32)27(28(34)29(23)38-31)22-10-20(41)8-16-4-2-3-5-21(16)22/h2-5,8,10-11,17-19,26,37,41H,6-7,9,13-15H2,1H3/q-1/t17?,18?,19?,26-/m0/s1. The predicted octanol–water partition coefficient (Wildman–Crippen LogP) is 2.75. The Bertz CT molecular complexity index is 1760. The molecule has 7 nitrogen and oxygen atoms in total. The molecule has 0 amide bonds. The summed E-state index contributed by atoms with van der Waals surface area (Å²) in [5, 5.41) is 26.6. The van der Waals surface area contributed by atoms with Gasteiger partial charge in [0.05, 0.1) is 0 Å². The molecule has 42 heavy (non-hydrogen) atoms. The fraction of sp³-hybridized carbons (Fsp3) is 0.355. The average molecular weight is 703 g/mol. The Labute approximate surface area is 257 Å². The molecule has 2 N–H and O–H groups in total. The van der Waals surface area contributed by atoms with Gasteiger partial charge in [-0.2, -0.15) is 0 Å². The predicted molar refractivity (Wildman–Crippen MR) is 155 cm³/mol. The molecule has 3 aliphatic heterocycles.